The van der Waals surface area contributed by atoms with Gasteiger partial charge in [-0.15, -0.1) is 0 Å². The molecule has 0 fully saturated rings. The number of ether oxygens (including phenoxy) is 4. The summed E-state index contributed by atoms with van der Waals surface area (Å²) in [6.07, 6.45) is -0.220. The lowest BCUT2D eigenvalue weighted by Crippen LogP contribution is -2.40. The van der Waals surface area contributed by atoms with Crippen LogP contribution in [0.15, 0.2) is 42.5 Å². The SMILES string of the molecule is O=C(NCC1COc2ccccc2O1)c1ccc2c(c1)OCO2. The van der Waals surface area contributed by atoms with E-state index in [1.165, 1.54) is 0 Å². The summed E-state index contributed by atoms with van der Waals surface area (Å²) in [6, 6.07) is 12.6. The lowest BCUT2D eigenvalue weighted by Gasteiger charge is -2.26. The number of fused-ring (bicyclic) bond motifs is 2. The molecule has 2 heterocycles. The summed E-state index contributed by atoms with van der Waals surface area (Å²) in [7, 11) is 0. The van der Waals surface area contributed by atoms with Crippen molar-refractivity contribution in [3.8, 4) is 23.0 Å². The first-order valence-electron chi connectivity index (χ1n) is 7.36. The van der Waals surface area contributed by atoms with Crippen LogP contribution in [0.5, 0.6) is 23.0 Å². The Kier molecular flexibility index (Phi) is 3.42. The smallest absolute Gasteiger partial charge is 0.251 e. The predicted octanol–water partition coefficient (Wildman–Crippen LogP) is 1.99. The van der Waals surface area contributed by atoms with E-state index in [2.05, 4.69) is 5.32 Å². The van der Waals surface area contributed by atoms with Crippen molar-refractivity contribution < 1.29 is 23.7 Å². The van der Waals surface area contributed by atoms with Gasteiger partial charge in [0.25, 0.3) is 5.91 Å². The van der Waals surface area contributed by atoms with Crippen molar-refractivity contribution in [2.75, 3.05) is 19.9 Å². The zero-order valence-corrected chi connectivity index (χ0v) is 12.3. The monoisotopic (exact) mass is 313 g/mol. The minimum Gasteiger partial charge on any atom is -0.486 e. The zero-order chi connectivity index (χ0) is 15.6. The Balaban J connectivity index is 1.37. The van der Waals surface area contributed by atoms with Crippen molar-refractivity contribution >= 4 is 5.91 Å². The molecule has 1 N–H and O–H groups in total. The second-order valence-corrected chi connectivity index (χ2v) is 5.28. The summed E-state index contributed by atoms with van der Waals surface area (Å²) in [5.41, 5.74) is 0.520. The van der Waals surface area contributed by atoms with Gasteiger partial charge < -0.3 is 24.3 Å². The molecule has 6 nitrogen and oxygen atoms in total. The van der Waals surface area contributed by atoms with Crippen LogP contribution in [-0.2, 0) is 0 Å². The lowest BCUT2D eigenvalue weighted by atomic mass is 10.2. The topological polar surface area (TPSA) is 66.0 Å². The lowest BCUT2D eigenvalue weighted by molar-refractivity contribution is 0.0789. The molecule has 118 valence electrons. The maximum Gasteiger partial charge on any atom is 0.251 e. The zero-order valence-electron chi connectivity index (χ0n) is 12.3. The van der Waals surface area contributed by atoms with Gasteiger partial charge in [-0.25, -0.2) is 0 Å². The highest BCUT2D eigenvalue weighted by Gasteiger charge is 2.22. The van der Waals surface area contributed by atoms with Gasteiger partial charge in [0, 0.05) is 5.56 Å². The Morgan fingerprint density at radius 2 is 1.78 bits per heavy atom. The van der Waals surface area contributed by atoms with E-state index >= 15 is 0 Å². The van der Waals surface area contributed by atoms with Crippen LogP contribution < -0.4 is 24.3 Å². The molecule has 0 saturated carbocycles. The molecule has 1 unspecified atom stereocenters. The highest BCUT2D eigenvalue weighted by atomic mass is 16.7. The van der Waals surface area contributed by atoms with E-state index in [0.29, 0.717) is 36.0 Å². The quantitative estimate of drug-likeness (QED) is 0.938. The first-order chi connectivity index (χ1) is 11.3. The van der Waals surface area contributed by atoms with Crippen LogP contribution in [0.3, 0.4) is 0 Å². The van der Waals surface area contributed by atoms with Gasteiger partial charge in [-0.1, -0.05) is 12.1 Å². The normalized spacial score (nSPS) is 17.7. The third-order valence-corrected chi connectivity index (χ3v) is 3.69. The van der Waals surface area contributed by atoms with Gasteiger partial charge in [0.2, 0.25) is 6.79 Å². The van der Waals surface area contributed by atoms with Gasteiger partial charge >= 0.3 is 0 Å². The Morgan fingerprint density at radius 3 is 2.70 bits per heavy atom. The number of amides is 1. The molecule has 2 aromatic carbocycles. The molecule has 0 radical (unpaired) electrons. The Labute approximate surface area is 132 Å². The molecule has 23 heavy (non-hydrogen) atoms. The van der Waals surface area contributed by atoms with E-state index in [9.17, 15) is 4.79 Å². The Hall–Kier alpha value is -2.89. The van der Waals surface area contributed by atoms with Crippen molar-refractivity contribution in [3.63, 3.8) is 0 Å². The van der Waals surface area contributed by atoms with E-state index < -0.39 is 0 Å². The van der Waals surface area contributed by atoms with Crippen LogP contribution in [0.4, 0.5) is 0 Å². The van der Waals surface area contributed by atoms with E-state index in [0.717, 1.165) is 5.75 Å². The molecular weight excluding hydrogens is 298 g/mol. The first-order valence-corrected chi connectivity index (χ1v) is 7.36. The average molecular weight is 313 g/mol. The van der Waals surface area contributed by atoms with E-state index in [1.54, 1.807) is 18.2 Å². The van der Waals surface area contributed by atoms with Gasteiger partial charge in [0.05, 0.1) is 6.54 Å². The first kappa shape index (κ1) is 13.8. The molecule has 0 bridgehead atoms. The third kappa shape index (κ3) is 2.75. The van der Waals surface area contributed by atoms with E-state index in [4.69, 9.17) is 18.9 Å². The van der Waals surface area contributed by atoms with E-state index in [-0.39, 0.29) is 18.8 Å². The number of rotatable bonds is 3. The molecule has 4 rings (SSSR count). The molecule has 1 amide bonds. The molecular formula is C17H15NO5. The predicted molar refractivity (Wildman–Crippen MR) is 81.3 cm³/mol. The van der Waals surface area contributed by atoms with Gasteiger partial charge in [-0.3, -0.25) is 4.79 Å². The standard InChI is InChI=1S/C17H15NO5/c19-17(11-5-6-14-16(7-11)22-10-21-14)18-8-12-9-20-13-3-1-2-4-15(13)23-12/h1-7,12H,8-10H2,(H,18,19). The van der Waals surface area contributed by atoms with Gasteiger partial charge in [0.15, 0.2) is 23.0 Å². The Bertz CT molecular complexity index is 746. The molecule has 0 aliphatic carbocycles. The molecule has 2 aromatic rings. The molecule has 2 aliphatic rings. The number of carbonyl (C=O) groups excluding carboxylic acids is 1. The molecule has 2 aliphatic heterocycles. The van der Waals surface area contributed by atoms with Gasteiger partial charge in [0.1, 0.15) is 12.7 Å². The summed E-state index contributed by atoms with van der Waals surface area (Å²) in [6.45, 7) is 0.951. The van der Waals surface area contributed by atoms with Crippen LogP contribution in [0.2, 0.25) is 0 Å². The molecule has 0 saturated heterocycles. The molecule has 0 spiro atoms. The molecule has 0 aromatic heterocycles. The van der Waals surface area contributed by atoms with E-state index in [1.807, 2.05) is 24.3 Å². The fourth-order valence-electron chi connectivity index (χ4n) is 2.51. The second-order valence-electron chi connectivity index (χ2n) is 5.28. The van der Waals surface area contributed by atoms with Crippen LogP contribution in [0.1, 0.15) is 10.4 Å². The summed E-state index contributed by atoms with van der Waals surface area (Å²) >= 11 is 0. The maximum atomic E-state index is 12.2. The fourth-order valence-corrected chi connectivity index (χ4v) is 2.51. The number of para-hydroxylation sites is 2. The van der Waals surface area contributed by atoms with Crippen LogP contribution in [-0.4, -0.2) is 32.0 Å². The summed E-state index contributed by atoms with van der Waals surface area (Å²) in [4.78, 5) is 12.2. The summed E-state index contributed by atoms with van der Waals surface area (Å²) in [5, 5.41) is 2.85. The number of carbonyl (C=O) groups is 1. The fraction of sp³-hybridized carbons (Fsp3) is 0.235. The number of hydrogen-bond acceptors (Lipinski definition) is 5. The van der Waals surface area contributed by atoms with Crippen LogP contribution in [0.25, 0.3) is 0 Å². The highest BCUT2D eigenvalue weighted by molar-refractivity contribution is 5.94. The summed E-state index contributed by atoms with van der Waals surface area (Å²) in [5.74, 6) is 2.48. The third-order valence-electron chi connectivity index (χ3n) is 3.69. The minimum absolute atomic E-state index is 0.188. The molecule has 6 heteroatoms. The maximum absolute atomic E-state index is 12.2. The van der Waals surface area contributed by atoms with Crippen molar-refractivity contribution in [2.45, 2.75) is 6.10 Å². The van der Waals surface area contributed by atoms with Gasteiger partial charge in [-0.2, -0.15) is 0 Å². The largest absolute Gasteiger partial charge is 0.486 e. The average Bonchev–Trinajstić information content (AvgIpc) is 3.07. The number of hydrogen-bond donors (Lipinski definition) is 1. The Morgan fingerprint density at radius 1 is 1.00 bits per heavy atom. The molecule has 1 atom stereocenters. The second kappa shape index (κ2) is 5.72. The summed E-state index contributed by atoms with van der Waals surface area (Å²) < 4.78 is 21.9. The highest BCUT2D eigenvalue weighted by Crippen LogP contribution is 2.33. The van der Waals surface area contributed by atoms with Crippen LogP contribution in [0, 0.1) is 0 Å². The minimum atomic E-state index is -0.220. The number of benzene rings is 2. The van der Waals surface area contributed by atoms with Crippen molar-refractivity contribution in [1.29, 1.82) is 0 Å². The van der Waals surface area contributed by atoms with Crippen molar-refractivity contribution in [2.24, 2.45) is 0 Å². The van der Waals surface area contributed by atoms with Gasteiger partial charge in [-0.05, 0) is 30.3 Å². The number of nitrogens with one attached hydrogen (secondary N) is 1. The van der Waals surface area contributed by atoms with Crippen LogP contribution >= 0.6 is 0 Å². The van der Waals surface area contributed by atoms with Crippen molar-refractivity contribution in [1.82, 2.24) is 5.32 Å². The van der Waals surface area contributed by atoms with Crippen molar-refractivity contribution in [3.05, 3.63) is 48.0 Å².